The summed E-state index contributed by atoms with van der Waals surface area (Å²) in [6, 6.07) is 10.5. The van der Waals surface area contributed by atoms with Gasteiger partial charge in [-0.3, -0.25) is 9.69 Å². The van der Waals surface area contributed by atoms with Gasteiger partial charge < -0.3 is 19.5 Å². The molecule has 0 aliphatic carbocycles. The lowest BCUT2D eigenvalue weighted by Crippen LogP contribution is -2.30. The van der Waals surface area contributed by atoms with Crippen LogP contribution in [0.3, 0.4) is 0 Å². The SMILES string of the molecule is CCOc1cc(/C=C2/NC(=O)N(Cc3ccc(C)cc3)C2=O)cc(Br)c1OCC(=O)OC. The molecule has 0 unspecified atom stereocenters. The number of amides is 3. The Labute approximate surface area is 194 Å². The van der Waals surface area contributed by atoms with E-state index in [-0.39, 0.29) is 18.8 Å². The molecule has 8 nitrogen and oxygen atoms in total. The van der Waals surface area contributed by atoms with Crippen LogP contribution in [0.2, 0.25) is 0 Å². The number of nitrogens with one attached hydrogen (secondary N) is 1. The number of ether oxygens (including phenoxy) is 3. The molecule has 3 rings (SSSR count). The lowest BCUT2D eigenvalue weighted by atomic mass is 10.1. The number of nitrogens with zero attached hydrogens (tertiary/aromatic N) is 1. The summed E-state index contributed by atoms with van der Waals surface area (Å²) in [6.45, 7) is 4.04. The standard InChI is InChI=1S/C23H23BrN2O6/c1-4-31-19-11-16(9-17(24)21(19)32-13-20(27)30-3)10-18-22(28)26(23(29)25-18)12-15-7-5-14(2)6-8-15/h5-11H,4,12-13H2,1-3H3,(H,25,29)/b18-10+. The van der Waals surface area contributed by atoms with Gasteiger partial charge in [-0.25, -0.2) is 9.59 Å². The van der Waals surface area contributed by atoms with Crippen molar-refractivity contribution < 1.29 is 28.6 Å². The molecule has 1 aliphatic rings. The molecule has 0 radical (unpaired) electrons. The fourth-order valence-electron chi connectivity index (χ4n) is 3.02. The number of imide groups is 1. The Hall–Kier alpha value is -3.33. The summed E-state index contributed by atoms with van der Waals surface area (Å²) in [6.07, 6.45) is 1.56. The molecule has 3 amide bonds. The number of esters is 1. The molecule has 0 atom stereocenters. The normalized spacial score (nSPS) is 14.5. The summed E-state index contributed by atoms with van der Waals surface area (Å²) in [7, 11) is 1.27. The van der Waals surface area contributed by atoms with Crippen molar-refractivity contribution in [2.24, 2.45) is 0 Å². The van der Waals surface area contributed by atoms with Gasteiger partial charge in [-0.15, -0.1) is 0 Å². The summed E-state index contributed by atoms with van der Waals surface area (Å²) in [5.74, 6) is -0.234. The predicted molar refractivity (Wildman–Crippen MR) is 121 cm³/mol. The molecule has 0 bridgehead atoms. The first-order chi connectivity index (χ1) is 15.3. The van der Waals surface area contributed by atoms with E-state index in [1.807, 2.05) is 38.1 Å². The number of hydrogen-bond donors (Lipinski definition) is 1. The molecule has 9 heteroatoms. The zero-order chi connectivity index (χ0) is 23.3. The van der Waals surface area contributed by atoms with Crippen LogP contribution in [0, 0.1) is 6.92 Å². The Kier molecular flexibility index (Phi) is 7.53. The van der Waals surface area contributed by atoms with Gasteiger partial charge in [-0.05, 0) is 59.1 Å². The van der Waals surface area contributed by atoms with E-state index in [0.717, 1.165) is 16.0 Å². The van der Waals surface area contributed by atoms with Crippen molar-refractivity contribution >= 4 is 39.9 Å². The molecule has 32 heavy (non-hydrogen) atoms. The molecule has 1 N–H and O–H groups in total. The maximum Gasteiger partial charge on any atom is 0.343 e. The Morgan fingerprint density at radius 3 is 2.53 bits per heavy atom. The number of urea groups is 1. The smallest absolute Gasteiger partial charge is 0.343 e. The number of halogens is 1. The summed E-state index contributed by atoms with van der Waals surface area (Å²) >= 11 is 3.41. The minimum Gasteiger partial charge on any atom is -0.490 e. The second-order valence-electron chi connectivity index (χ2n) is 6.99. The van der Waals surface area contributed by atoms with Gasteiger partial charge in [0.2, 0.25) is 0 Å². The fraction of sp³-hybridized carbons (Fsp3) is 0.261. The van der Waals surface area contributed by atoms with Crippen LogP contribution in [0.15, 0.2) is 46.6 Å². The maximum atomic E-state index is 12.8. The van der Waals surface area contributed by atoms with Gasteiger partial charge in [0.1, 0.15) is 5.70 Å². The highest BCUT2D eigenvalue weighted by Gasteiger charge is 2.33. The molecule has 1 heterocycles. The number of methoxy groups -OCH3 is 1. The highest BCUT2D eigenvalue weighted by atomic mass is 79.9. The van der Waals surface area contributed by atoms with Gasteiger partial charge >= 0.3 is 12.0 Å². The van der Waals surface area contributed by atoms with Gasteiger partial charge in [0.05, 0.1) is 24.7 Å². The largest absolute Gasteiger partial charge is 0.490 e. The van der Waals surface area contributed by atoms with Gasteiger partial charge in [0.25, 0.3) is 5.91 Å². The fourth-order valence-corrected chi connectivity index (χ4v) is 3.60. The molecule has 1 fully saturated rings. The van der Waals surface area contributed by atoms with Crippen LogP contribution in [-0.2, 0) is 20.9 Å². The molecule has 168 valence electrons. The van der Waals surface area contributed by atoms with Gasteiger partial charge in [0.15, 0.2) is 18.1 Å². The summed E-state index contributed by atoms with van der Waals surface area (Å²) < 4.78 is 16.3. The third-order valence-electron chi connectivity index (χ3n) is 4.63. The number of carbonyl (C=O) groups excluding carboxylic acids is 3. The van der Waals surface area contributed by atoms with Crippen LogP contribution in [0.1, 0.15) is 23.6 Å². The molecule has 0 saturated carbocycles. The van der Waals surface area contributed by atoms with Crippen LogP contribution in [-0.4, -0.2) is 43.1 Å². The summed E-state index contributed by atoms with van der Waals surface area (Å²) in [5, 5.41) is 2.62. The van der Waals surface area contributed by atoms with Gasteiger partial charge in [-0.2, -0.15) is 0 Å². The van der Waals surface area contributed by atoms with E-state index in [0.29, 0.717) is 28.1 Å². The molecule has 2 aromatic carbocycles. The number of hydrogen-bond acceptors (Lipinski definition) is 6. The second-order valence-corrected chi connectivity index (χ2v) is 7.85. The first kappa shape index (κ1) is 23.3. The van der Waals surface area contributed by atoms with Crippen molar-refractivity contribution in [3.05, 3.63) is 63.3 Å². The summed E-state index contributed by atoms with van der Waals surface area (Å²) in [5.41, 5.74) is 2.71. The first-order valence-electron chi connectivity index (χ1n) is 9.88. The van der Waals surface area contributed by atoms with Crippen LogP contribution in [0.25, 0.3) is 6.08 Å². The molecule has 1 saturated heterocycles. The van der Waals surface area contributed by atoms with Crippen molar-refractivity contribution in [2.75, 3.05) is 20.3 Å². The Morgan fingerprint density at radius 2 is 1.88 bits per heavy atom. The average molecular weight is 503 g/mol. The van der Waals surface area contributed by atoms with E-state index < -0.39 is 17.9 Å². The van der Waals surface area contributed by atoms with E-state index >= 15 is 0 Å². The Morgan fingerprint density at radius 1 is 1.16 bits per heavy atom. The number of aryl methyl sites for hydroxylation is 1. The monoisotopic (exact) mass is 502 g/mol. The molecule has 1 aliphatic heterocycles. The van der Waals surface area contributed by atoms with Crippen LogP contribution < -0.4 is 14.8 Å². The van der Waals surface area contributed by atoms with Crippen molar-refractivity contribution in [3.8, 4) is 11.5 Å². The second kappa shape index (κ2) is 10.3. The van der Waals surface area contributed by atoms with E-state index in [2.05, 4.69) is 26.0 Å². The topological polar surface area (TPSA) is 94.2 Å². The van der Waals surface area contributed by atoms with Gasteiger partial charge in [0, 0.05) is 0 Å². The van der Waals surface area contributed by atoms with E-state index in [9.17, 15) is 14.4 Å². The molecular weight excluding hydrogens is 480 g/mol. The highest BCUT2D eigenvalue weighted by molar-refractivity contribution is 9.10. The molecular formula is C23H23BrN2O6. The number of rotatable bonds is 8. The maximum absolute atomic E-state index is 12.8. The van der Waals surface area contributed by atoms with Gasteiger partial charge in [-0.1, -0.05) is 29.8 Å². The molecule has 2 aromatic rings. The van der Waals surface area contributed by atoms with Crippen molar-refractivity contribution in [2.45, 2.75) is 20.4 Å². The molecule has 0 spiro atoms. The minimum absolute atomic E-state index is 0.152. The van der Waals surface area contributed by atoms with Crippen molar-refractivity contribution in [1.29, 1.82) is 0 Å². The lowest BCUT2D eigenvalue weighted by Gasteiger charge is -2.14. The van der Waals surface area contributed by atoms with E-state index in [1.54, 1.807) is 18.2 Å². The lowest BCUT2D eigenvalue weighted by molar-refractivity contribution is -0.143. The third-order valence-corrected chi connectivity index (χ3v) is 5.22. The van der Waals surface area contributed by atoms with Crippen molar-refractivity contribution in [3.63, 3.8) is 0 Å². The minimum atomic E-state index is -0.529. The zero-order valence-electron chi connectivity index (χ0n) is 17.9. The van der Waals surface area contributed by atoms with Crippen LogP contribution in [0.4, 0.5) is 4.79 Å². The van der Waals surface area contributed by atoms with E-state index in [1.165, 1.54) is 7.11 Å². The van der Waals surface area contributed by atoms with Crippen LogP contribution >= 0.6 is 15.9 Å². The van der Waals surface area contributed by atoms with Crippen molar-refractivity contribution in [1.82, 2.24) is 10.2 Å². The third kappa shape index (κ3) is 5.47. The quantitative estimate of drug-likeness (QED) is 0.335. The predicted octanol–water partition coefficient (Wildman–Crippen LogP) is 3.80. The Bertz CT molecular complexity index is 1060. The highest BCUT2D eigenvalue weighted by Crippen LogP contribution is 2.37. The van der Waals surface area contributed by atoms with E-state index in [4.69, 9.17) is 9.47 Å². The number of benzene rings is 2. The first-order valence-corrected chi connectivity index (χ1v) is 10.7. The Balaban J connectivity index is 1.83. The summed E-state index contributed by atoms with van der Waals surface area (Å²) in [4.78, 5) is 37.8. The molecule has 0 aromatic heterocycles. The van der Waals surface area contributed by atoms with Crippen LogP contribution in [0.5, 0.6) is 11.5 Å². The average Bonchev–Trinajstić information content (AvgIpc) is 3.02. The zero-order valence-corrected chi connectivity index (χ0v) is 19.5. The number of carbonyl (C=O) groups is 3.